The zero-order valence-corrected chi connectivity index (χ0v) is 11.5. The van der Waals surface area contributed by atoms with Crippen molar-refractivity contribution in [3.8, 4) is 5.40 Å². The average molecular weight is 272 g/mol. The topological polar surface area (TPSA) is 50.1 Å². The van der Waals surface area contributed by atoms with E-state index in [1.807, 2.05) is 18.4 Å². The van der Waals surface area contributed by atoms with Crippen molar-refractivity contribution in [2.24, 2.45) is 5.92 Å². The van der Waals surface area contributed by atoms with Crippen LogP contribution in [0.3, 0.4) is 0 Å². The van der Waals surface area contributed by atoms with Gasteiger partial charge in [0.1, 0.15) is 11.0 Å². The molecule has 0 fully saturated rings. The number of allylic oxidation sites excluding steroid dienone is 2. The predicted molar refractivity (Wildman–Crippen MR) is 69.7 cm³/mol. The Morgan fingerprint density at radius 2 is 2.41 bits per heavy atom. The first-order valence-corrected chi connectivity index (χ1v) is 6.40. The Balaban J connectivity index is 2.84. The fourth-order valence-electron chi connectivity index (χ4n) is 1.54. The van der Waals surface area contributed by atoms with E-state index in [1.54, 1.807) is 26.2 Å². The zero-order chi connectivity index (χ0) is 13.1. The summed E-state index contributed by atoms with van der Waals surface area (Å²) in [4.78, 5) is 12.0. The van der Waals surface area contributed by atoms with Crippen LogP contribution in [0.15, 0.2) is 23.3 Å². The molecule has 3 nitrogen and oxygen atoms in total. The molecule has 3 unspecified atom stereocenters. The Hall–Kier alpha value is -0.760. The van der Waals surface area contributed by atoms with E-state index in [9.17, 15) is 4.79 Å². The third-order valence-corrected chi connectivity index (χ3v) is 3.75. The second-order valence-electron chi connectivity index (χ2n) is 4.01. The summed E-state index contributed by atoms with van der Waals surface area (Å²) >= 11 is 7.05. The molecular weight excluding hydrogens is 258 g/mol. The van der Waals surface area contributed by atoms with Crippen LogP contribution in [0.2, 0.25) is 0 Å². The molecule has 17 heavy (non-hydrogen) atoms. The van der Waals surface area contributed by atoms with Crippen molar-refractivity contribution in [1.29, 1.82) is 5.26 Å². The second-order valence-corrected chi connectivity index (χ2v) is 5.57. The maximum absolute atomic E-state index is 12.0. The Morgan fingerprint density at radius 3 is 2.88 bits per heavy atom. The smallest absolute Gasteiger partial charge is 0.158 e. The highest BCUT2D eigenvalue weighted by atomic mass is 35.5. The van der Waals surface area contributed by atoms with Gasteiger partial charge in [0.25, 0.3) is 0 Å². The highest BCUT2D eigenvalue weighted by Gasteiger charge is 2.31. The number of halogens is 1. The SMILES string of the molecule is COC1(C)C=CC(C(=O)C(C)SC#N)C(Cl)=C1. The third-order valence-electron chi connectivity index (χ3n) is 2.72. The zero-order valence-electron chi connectivity index (χ0n) is 9.94. The van der Waals surface area contributed by atoms with Gasteiger partial charge in [-0.2, -0.15) is 5.26 Å². The quantitative estimate of drug-likeness (QED) is 0.583. The number of thioether (sulfide) groups is 1. The third kappa shape index (κ3) is 3.35. The molecule has 0 aromatic carbocycles. The number of ketones is 1. The minimum Gasteiger partial charge on any atom is -0.370 e. The number of methoxy groups -OCH3 is 1. The van der Waals surface area contributed by atoms with E-state index in [-0.39, 0.29) is 11.0 Å². The summed E-state index contributed by atoms with van der Waals surface area (Å²) in [6.07, 6.45) is 5.27. The van der Waals surface area contributed by atoms with Crippen LogP contribution in [-0.2, 0) is 9.53 Å². The van der Waals surface area contributed by atoms with Crippen LogP contribution in [-0.4, -0.2) is 23.7 Å². The molecule has 0 saturated carbocycles. The van der Waals surface area contributed by atoms with Gasteiger partial charge in [-0.05, 0) is 31.7 Å². The van der Waals surface area contributed by atoms with Gasteiger partial charge >= 0.3 is 0 Å². The summed E-state index contributed by atoms with van der Waals surface area (Å²) in [7, 11) is 1.58. The van der Waals surface area contributed by atoms with E-state index >= 15 is 0 Å². The minimum atomic E-state index is -0.556. The number of Topliss-reactive ketones (excluding diaryl/α,β-unsaturated/α-hetero) is 1. The molecule has 1 rings (SSSR count). The molecule has 0 aromatic rings. The molecule has 1 aliphatic carbocycles. The van der Waals surface area contributed by atoms with Gasteiger partial charge in [0, 0.05) is 12.1 Å². The van der Waals surface area contributed by atoms with Gasteiger partial charge < -0.3 is 4.74 Å². The summed E-state index contributed by atoms with van der Waals surface area (Å²) in [6, 6.07) is 0. The molecule has 5 heteroatoms. The molecule has 0 saturated heterocycles. The van der Waals surface area contributed by atoms with Gasteiger partial charge in [0.15, 0.2) is 5.78 Å². The van der Waals surface area contributed by atoms with E-state index in [1.165, 1.54) is 0 Å². The Morgan fingerprint density at radius 1 is 1.76 bits per heavy atom. The Bertz CT molecular complexity index is 413. The number of carbonyl (C=O) groups excluding carboxylic acids is 1. The Kier molecular flexibility index (Phi) is 4.81. The van der Waals surface area contributed by atoms with E-state index in [0.717, 1.165) is 11.8 Å². The summed E-state index contributed by atoms with van der Waals surface area (Å²) in [5, 5.41) is 10.5. The number of ether oxygens (including phenoxy) is 1. The van der Waals surface area contributed by atoms with Crippen molar-refractivity contribution in [2.75, 3.05) is 7.11 Å². The Labute approximate surface area is 110 Å². The monoisotopic (exact) mass is 271 g/mol. The van der Waals surface area contributed by atoms with Crippen molar-refractivity contribution in [3.63, 3.8) is 0 Å². The molecule has 3 atom stereocenters. The molecule has 0 aromatic heterocycles. The lowest BCUT2D eigenvalue weighted by atomic mass is 9.90. The van der Waals surface area contributed by atoms with Gasteiger partial charge in [-0.3, -0.25) is 4.79 Å². The number of hydrogen-bond acceptors (Lipinski definition) is 4. The van der Waals surface area contributed by atoms with Gasteiger partial charge in [-0.25, -0.2) is 0 Å². The average Bonchev–Trinajstić information content (AvgIpc) is 2.29. The van der Waals surface area contributed by atoms with Gasteiger partial charge in [0.2, 0.25) is 0 Å². The number of nitrogens with zero attached hydrogens (tertiary/aromatic N) is 1. The number of thiocyanates is 1. The first-order valence-electron chi connectivity index (χ1n) is 5.14. The van der Waals surface area contributed by atoms with Crippen molar-refractivity contribution >= 4 is 29.1 Å². The maximum atomic E-state index is 12.0. The molecule has 1 aliphatic rings. The predicted octanol–water partition coefficient (Wildman–Crippen LogP) is 2.87. The van der Waals surface area contributed by atoms with Crippen LogP contribution in [0.5, 0.6) is 0 Å². The van der Waals surface area contributed by atoms with Crippen molar-refractivity contribution in [3.05, 3.63) is 23.3 Å². The fraction of sp³-hybridized carbons (Fsp3) is 0.500. The first-order chi connectivity index (χ1) is 7.93. The van der Waals surface area contributed by atoms with Crippen molar-refractivity contribution < 1.29 is 9.53 Å². The summed E-state index contributed by atoms with van der Waals surface area (Å²) < 4.78 is 5.27. The molecule has 0 spiro atoms. The van der Waals surface area contributed by atoms with E-state index in [4.69, 9.17) is 21.6 Å². The van der Waals surface area contributed by atoms with Gasteiger partial charge in [-0.15, -0.1) is 0 Å². The molecule has 92 valence electrons. The van der Waals surface area contributed by atoms with Gasteiger partial charge in [-0.1, -0.05) is 23.8 Å². The van der Waals surface area contributed by atoms with E-state index in [2.05, 4.69) is 0 Å². The highest BCUT2D eigenvalue weighted by Crippen LogP contribution is 2.32. The van der Waals surface area contributed by atoms with E-state index < -0.39 is 11.5 Å². The summed E-state index contributed by atoms with van der Waals surface area (Å²) in [6.45, 7) is 3.57. The molecule has 0 N–H and O–H groups in total. The number of nitriles is 1. The van der Waals surface area contributed by atoms with E-state index in [0.29, 0.717) is 5.03 Å². The minimum absolute atomic E-state index is 0.0628. The molecular formula is C12H14ClNO2S. The van der Waals surface area contributed by atoms with Crippen molar-refractivity contribution in [1.82, 2.24) is 0 Å². The largest absolute Gasteiger partial charge is 0.370 e. The fourth-order valence-corrected chi connectivity index (χ4v) is 2.36. The van der Waals surface area contributed by atoms with Crippen LogP contribution < -0.4 is 0 Å². The molecule has 0 aliphatic heterocycles. The number of hydrogen-bond donors (Lipinski definition) is 0. The summed E-state index contributed by atoms with van der Waals surface area (Å²) in [5.41, 5.74) is -0.556. The molecule has 0 heterocycles. The lowest BCUT2D eigenvalue weighted by Gasteiger charge is -2.27. The standard InChI is InChI=1S/C12H14ClNO2S/c1-8(17-7-14)11(15)9-4-5-12(2,16-3)6-10(9)13/h4-6,8-9H,1-3H3. The normalized spacial score (nSPS) is 29.4. The maximum Gasteiger partial charge on any atom is 0.158 e. The summed E-state index contributed by atoms with van der Waals surface area (Å²) in [5.74, 6) is -0.525. The van der Waals surface area contributed by atoms with Crippen LogP contribution in [0.25, 0.3) is 0 Å². The number of rotatable bonds is 4. The van der Waals surface area contributed by atoms with Crippen molar-refractivity contribution in [2.45, 2.75) is 24.7 Å². The number of carbonyl (C=O) groups is 1. The van der Waals surface area contributed by atoms with Crippen LogP contribution in [0.1, 0.15) is 13.8 Å². The van der Waals surface area contributed by atoms with Crippen LogP contribution >= 0.6 is 23.4 Å². The first kappa shape index (κ1) is 14.3. The lowest BCUT2D eigenvalue weighted by molar-refractivity contribution is -0.119. The molecule has 0 bridgehead atoms. The second kappa shape index (κ2) is 5.72. The molecule has 0 radical (unpaired) electrons. The lowest BCUT2D eigenvalue weighted by Crippen LogP contribution is -2.30. The van der Waals surface area contributed by atoms with Crippen LogP contribution in [0, 0.1) is 16.6 Å². The van der Waals surface area contributed by atoms with Gasteiger partial charge in [0.05, 0.1) is 11.2 Å². The highest BCUT2D eigenvalue weighted by molar-refractivity contribution is 8.04. The van der Waals surface area contributed by atoms with Crippen LogP contribution in [0.4, 0.5) is 0 Å². The molecule has 0 amide bonds.